The van der Waals surface area contributed by atoms with Crippen LogP contribution in [0.2, 0.25) is 0 Å². The quantitative estimate of drug-likeness (QED) is 0.794. The van der Waals surface area contributed by atoms with E-state index in [9.17, 15) is 4.39 Å². The van der Waals surface area contributed by atoms with Crippen molar-refractivity contribution in [3.05, 3.63) is 66.2 Å². The minimum absolute atomic E-state index is 0.296. The van der Waals surface area contributed by atoms with Crippen LogP contribution in [-0.2, 0) is 0 Å². The van der Waals surface area contributed by atoms with E-state index in [1.54, 1.807) is 24.4 Å². The zero-order chi connectivity index (χ0) is 14.7. The minimum Gasteiger partial charge on any atom is -0.340 e. The van der Waals surface area contributed by atoms with Crippen LogP contribution in [-0.4, -0.2) is 15.0 Å². The van der Waals surface area contributed by atoms with E-state index in [1.807, 2.05) is 25.1 Å². The molecule has 2 heterocycles. The van der Waals surface area contributed by atoms with Gasteiger partial charge in [-0.15, -0.1) is 0 Å². The van der Waals surface area contributed by atoms with Gasteiger partial charge in [0.05, 0.1) is 0 Å². The number of nitrogens with zero attached hydrogens (tertiary/aromatic N) is 3. The fourth-order valence-electron chi connectivity index (χ4n) is 1.96. The topological polar surface area (TPSA) is 50.7 Å². The zero-order valence-electron chi connectivity index (χ0n) is 11.4. The zero-order valence-corrected chi connectivity index (χ0v) is 11.4. The Hall–Kier alpha value is -2.82. The molecule has 0 saturated carbocycles. The van der Waals surface area contributed by atoms with E-state index in [0.29, 0.717) is 23.0 Å². The smallest absolute Gasteiger partial charge is 0.180 e. The Balaban J connectivity index is 1.95. The minimum atomic E-state index is -0.296. The Morgan fingerprint density at radius 1 is 1.00 bits per heavy atom. The second-order valence-electron chi connectivity index (χ2n) is 4.57. The van der Waals surface area contributed by atoms with Gasteiger partial charge in [-0.25, -0.2) is 14.4 Å². The molecular weight excluding hydrogens is 267 g/mol. The SMILES string of the molecule is Cc1cc(Nc2cccc(F)c2)nc(-c2ccccn2)n1. The molecule has 0 unspecified atom stereocenters. The number of rotatable bonds is 3. The van der Waals surface area contributed by atoms with Crippen LogP contribution in [0.4, 0.5) is 15.9 Å². The van der Waals surface area contributed by atoms with Gasteiger partial charge >= 0.3 is 0 Å². The summed E-state index contributed by atoms with van der Waals surface area (Å²) in [5.41, 5.74) is 2.15. The number of nitrogens with one attached hydrogen (secondary N) is 1. The normalized spacial score (nSPS) is 10.4. The molecule has 0 aliphatic rings. The maximum atomic E-state index is 13.2. The summed E-state index contributed by atoms with van der Waals surface area (Å²) in [6.07, 6.45) is 1.70. The molecule has 104 valence electrons. The summed E-state index contributed by atoms with van der Waals surface area (Å²) in [7, 11) is 0. The molecule has 2 aromatic heterocycles. The lowest BCUT2D eigenvalue weighted by atomic mass is 10.3. The Labute approximate surface area is 121 Å². The van der Waals surface area contributed by atoms with E-state index in [2.05, 4.69) is 20.3 Å². The van der Waals surface area contributed by atoms with Crippen LogP contribution in [0.25, 0.3) is 11.5 Å². The van der Waals surface area contributed by atoms with Crippen molar-refractivity contribution in [1.82, 2.24) is 15.0 Å². The first-order valence-corrected chi connectivity index (χ1v) is 6.50. The molecule has 0 fully saturated rings. The molecule has 4 nitrogen and oxygen atoms in total. The third-order valence-electron chi connectivity index (χ3n) is 2.85. The van der Waals surface area contributed by atoms with Crippen LogP contribution in [0, 0.1) is 12.7 Å². The van der Waals surface area contributed by atoms with E-state index in [1.165, 1.54) is 12.1 Å². The van der Waals surface area contributed by atoms with Crippen molar-refractivity contribution >= 4 is 11.5 Å². The fraction of sp³-hybridized carbons (Fsp3) is 0.0625. The van der Waals surface area contributed by atoms with Crippen molar-refractivity contribution in [2.75, 3.05) is 5.32 Å². The molecule has 0 saturated heterocycles. The largest absolute Gasteiger partial charge is 0.340 e. The van der Waals surface area contributed by atoms with Gasteiger partial charge < -0.3 is 5.32 Å². The molecule has 0 radical (unpaired) electrons. The first kappa shape index (κ1) is 13.2. The Bertz CT molecular complexity index is 759. The maximum Gasteiger partial charge on any atom is 0.180 e. The first-order valence-electron chi connectivity index (χ1n) is 6.50. The van der Waals surface area contributed by atoms with Crippen molar-refractivity contribution in [2.24, 2.45) is 0 Å². The number of hydrogen-bond acceptors (Lipinski definition) is 4. The number of pyridine rings is 1. The molecule has 0 bridgehead atoms. The summed E-state index contributed by atoms with van der Waals surface area (Å²) < 4.78 is 13.2. The van der Waals surface area contributed by atoms with Crippen LogP contribution in [0.3, 0.4) is 0 Å². The highest BCUT2D eigenvalue weighted by molar-refractivity contribution is 5.59. The lowest BCUT2D eigenvalue weighted by molar-refractivity contribution is 0.628. The molecule has 1 N–H and O–H groups in total. The molecule has 0 spiro atoms. The summed E-state index contributed by atoms with van der Waals surface area (Å²) in [4.78, 5) is 13.0. The van der Waals surface area contributed by atoms with Gasteiger partial charge in [-0.1, -0.05) is 12.1 Å². The van der Waals surface area contributed by atoms with Gasteiger partial charge in [0.15, 0.2) is 5.82 Å². The molecule has 0 amide bonds. The predicted molar refractivity (Wildman–Crippen MR) is 79.7 cm³/mol. The summed E-state index contributed by atoms with van der Waals surface area (Å²) in [6, 6.07) is 13.6. The van der Waals surface area contributed by atoms with E-state index in [4.69, 9.17) is 0 Å². The average molecular weight is 280 g/mol. The van der Waals surface area contributed by atoms with Crippen LogP contribution in [0.1, 0.15) is 5.69 Å². The predicted octanol–water partition coefficient (Wildman–Crippen LogP) is 3.73. The molecule has 1 aromatic carbocycles. The Kier molecular flexibility index (Phi) is 3.55. The number of aromatic nitrogens is 3. The third-order valence-corrected chi connectivity index (χ3v) is 2.85. The van der Waals surface area contributed by atoms with Crippen LogP contribution >= 0.6 is 0 Å². The van der Waals surface area contributed by atoms with Gasteiger partial charge in [-0.05, 0) is 37.3 Å². The summed E-state index contributed by atoms with van der Waals surface area (Å²) in [6.45, 7) is 1.88. The average Bonchev–Trinajstić information content (AvgIpc) is 2.47. The maximum absolute atomic E-state index is 13.2. The number of halogens is 1. The van der Waals surface area contributed by atoms with Crippen molar-refractivity contribution in [1.29, 1.82) is 0 Å². The number of anilines is 2. The molecule has 3 aromatic rings. The van der Waals surface area contributed by atoms with E-state index in [0.717, 1.165) is 5.69 Å². The molecule has 21 heavy (non-hydrogen) atoms. The Morgan fingerprint density at radius 2 is 1.90 bits per heavy atom. The highest BCUT2D eigenvalue weighted by Crippen LogP contribution is 2.19. The van der Waals surface area contributed by atoms with Crippen molar-refractivity contribution in [3.63, 3.8) is 0 Å². The van der Waals surface area contributed by atoms with Crippen LogP contribution < -0.4 is 5.32 Å². The molecule has 0 atom stereocenters. The lowest BCUT2D eigenvalue weighted by Gasteiger charge is -2.08. The highest BCUT2D eigenvalue weighted by atomic mass is 19.1. The standard InChI is InChI=1S/C16H13FN4/c1-11-9-15(20-13-6-4-5-12(17)10-13)21-16(19-11)14-7-2-3-8-18-14/h2-10H,1H3,(H,19,20,21). The number of benzene rings is 1. The number of aryl methyl sites for hydroxylation is 1. The highest BCUT2D eigenvalue weighted by Gasteiger charge is 2.06. The molecular formula is C16H13FN4. The molecule has 0 aliphatic heterocycles. The second kappa shape index (κ2) is 5.66. The summed E-state index contributed by atoms with van der Waals surface area (Å²) in [5.74, 6) is 0.846. The van der Waals surface area contributed by atoms with Crippen molar-refractivity contribution in [3.8, 4) is 11.5 Å². The van der Waals surface area contributed by atoms with Crippen molar-refractivity contribution < 1.29 is 4.39 Å². The van der Waals surface area contributed by atoms with Gasteiger partial charge in [-0.2, -0.15) is 0 Å². The van der Waals surface area contributed by atoms with Gasteiger partial charge in [0.2, 0.25) is 0 Å². The fourth-order valence-corrected chi connectivity index (χ4v) is 1.96. The van der Waals surface area contributed by atoms with E-state index in [-0.39, 0.29) is 5.82 Å². The van der Waals surface area contributed by atoms with Gasteiger partial charge in [0, 0.05) is 23.6 Å². The van der Waals surface area contributed by atoms with Gasteiger partial charge in [0.25, 0.3) is 0 Å². The summed E-state index contributed by atoms with van der Waals surface area (Å²) >= 11 is 0. The monoisotopic (exact) mass is 280 g/mol. The van der Waals surface area contributed by atoms with E-state index < -0.39 is 0 Å². The second-order valence-corrected chi connectivity index (χ2v) is 4.57. The van der Waals surface area contributed by atoms with Crippen LogP contribution in [0.15, 0.2) is 54.7 Å². The molecule has 5 heteroatoms. The van der Waals surface area contributed by atoms with Gasteiger partial charge in [-0.3, -0.25) is 4.98 Å². The van der Waals surface area contributed by atoms with Gasteiger partial charge in [0.1, 0.15) is 17.3 Å². The van der Waals surface area contributed by atoms with Crippen molar-refractivity contribution in [2.45, 2.75) is 6.92 Å². The van der Waals surface area contributed by atoms with E-state index >= 15 is 0 Å². The first-order chi connectivity index (χ1) is 10.2. The molecule has 3 rings (SSSR count). The molecule has 0 aliphatic carbocycles. The Morgan fingerprint density at radius 3 is 2.67 bits per heavy atom. The third kappa shape index (κ3) is 3.20. The summed E-state index contributed by atoms with van der Waals surface area (Å²) in [5, 5.41) is 3.08. The number of hydrogen-bond donors (Lipinski definition) is 1. The van der Waals surface area contributed by atoms with Crippen LogP contribution in [0.5, 0.6) is 0 Å². The lowest BCUT2D eigenvalue weighted by Crippen LogP contribution is -2.00.